The van der Waals surface area contributed by atoms with Crippen LogP contribution in [-0.4, -0.2) is 43.0 Å². The van der Waals surface area contributed by atoms with Crippen molar-refractivity contribution < 1.29 is 14.3 Å². The Balaban J connectivity index is 0.00000243. The normalized spacial score (nSPS) is 12.9. The van der Waals surface area contributed by atoms with Crippen molar-refractivity contribution >= 4 is 47.2 Å². The first kappa shape index (κ1) is 20.8. The van der Waals surface area contributed by atoms with Gasteiger partial charge in [0.2, 0.25) is 0 Å². The van der Waals surface area contributed by atoms with E-state index < -0.39 is 0 Å². The molecule has 0 spiro atoms. The van der Waals surface area contributed by atoms with Gasteiger partial charge >= 0.3 is 0 Å². The summed E-state index contributed by atoms with van der Waals surface area (Å²) in [7, 11) is 1.58. The first-order valence-electron chi connectivity index (χ1n) is 7.79. The number of hydrogen-bond donors (Lipinski definition) is 3. The molecule has 0 bridgehead atoms. The van der Waals surface area contributed by atoms with Crippen molar-refractivity contribution in [2.75, 3.05) is 32.2 Å². The van der Waals surface area contributed by atoms with Crippen LogP contribution in [-0.2, 0) is 17.7 Å². The van der Waals surface area contributed by atoms with E-state index in [1.54, 1.807) is 19.2 Å². The molecule has 1 aliphatic rings. The van der Waals surface area contributed by atoms with Crippen LogP contribution >= 0.6 is 35.6 Å². The summed E-state index contributed by atoms with van der Waals surface area (Å²) in [6, 6.07) is 3.18. The summed E-state index contributed by atoms with van der Waals surface area (Å²) in [5.41, 5.74) is 2.72. The van der Waals surface area contributed by atoms with Crippen LogP contribution in [0.4, 0.5) is 5.69 Å². The fourth-order valence-corrected chi connectivity index (χ4v) is 3.20. The van der Waals surface area contributed by atoms with E-state index in [1.807, 2.05) is 0 Å². The maximum atomic E-state index is 12.5. The van der Waals surface area contributed by atoms with E-state index in [4.69, 9.17) is 32.7 Å². The van der Waals surface area contributed by atoms with Crippen molar-refractivity contribution in [3.05, 3.63) is 39.1 Å². The number of hydrogen-bond acceptors (Lipinski definition) is 5. The summed E-state index contributed by atoms with van der Waals surface area (Å²) in [5, 5.41) is 13.7. The van der Waals surface area contributed by atoms with Crippen LogP contribution in [0.3, 0.4) is 0 Å². The van der Waals surface area contributed by atoms with E-state index in [-0.39, 0.29) is 18.3 Å². The number of aromatic amines is 1. The molecule has 0 fully saturated rings. The van der Waals surface area contributed by atoms with Crippen molar-refractivity contribution in [2.24, 2.45) is 0 Å². The molecule has 2 aromatic rings. The minimum atomic E-state index is -0.318. The molecular weight excluding hydrogens is 403 g/mol. The fraction of sp³-hybridized carbons (Fsp3) is 0.375. The average Bonchev–Trinajstić information content (AvgIpc) is 3.01. The summed E-state index contributed by atoms with van der Waals surface area (Å²) in [4.78, 5) is 12.5. The van der Waals surface area contributed by atoms with Crippen LogP contribution in [0.5, 0.6) is 5.75 Å². The summed E-state index contributed by atoms with van der Waals surface area (Å²) < 4.78 is 10.4. The zero-order valence-electron chi connectivity index (χ0n) is 14.0. The van der Waals surface area contributed by atoms with Gasteiger partial charge in [0.1, 0.15) is 6.61 Å². The molecule has 1 aromatic carbocycles. The summed E-state index contributed by atoms with van der Waals surface area (Å²) in [5.74, 6) is 0.0427. The molecule has 0 atom stereocenters. The van der Waals surface area contributed by atoms with E-state index in [0.717, 1.165) is 24.2 Å². The number of carbonyl (C=O) groups is 1. The van der Waals surface area contributed by atoms with Crippen LogP contribution in [0.15, 0.2) is 12.1 Å². The lowest BCUT2D eigenvalue weighted by atomic mass is 10.1. The van der Waals surface area contributed by atoms with Gasteiger partial charge in [0, 0.05) is 43.6 Å². The molecule has 1 amide bonds. The number of anilines is 1. The van der Waals surface area contributed by atoms with Crippen LogP contribution in [0.2, 0.25) is 10.0 Å². The Labute approximate surface area is 167 Å². The molecule has 1 aliphatic heterocycles. The lowest BCUT2D eigenvalue weighted by molar-refractivity contribution is 0.102. The zero-order chi connectivity index (χ0) is 17.8. The number of rotatable bonds is 6. The Kier molecular flexibility index (Phi) is 7.55. The zero-order valence-corrected chi connectivity index (χ0v) is 16.4. The number of nitrogens with one attached hydrogen (secondary N) is 3. The Morgan fingerprint density at radius 3 is 2.73 bits per heavy atom. The molecule has 3 N–H and O–H groups in total. The smallest absolute Gasteiger partial charge is 0.276 e. The molecule has 0 radical (unpaired) electrons. The minimum Gasteiger partial charge on any atom is -0.488 e. The number of carbonyl (C=O) groups excluding carboxylic acids is 1. The number of benzene rings is 1. The number of ether oxygens (including phenoxy) is 2. The van der Waals surface area contributed by atoms with Crippen molar-refractivity contribution in [3.8, 4) is 5.75 Å². The Morgan fingerprint density at radius 2 is 2.04 bits per heavy atom. The Bertz CT molecular complexity index is 759. The molecule has 0 saturated carbocycles. The second kappa shape index (κ2) is 9.43. The molecule has 1 aromatic heterocycles. The van der Waals surface area contributed by atoms with Crippen LogP contribution in [0.25, 0.3) is 0 Å². The van der Waals surface area contributed by atoms with Crippen LogP contribution < -0.4 is 15.4 Å². The second-order valence-electron chi connectivity index (χ2n) is 5.52. The first-order chi connectivity index (χ1) is 12.1. The number of halogens is 3. The van der Waals surface area contributed by atoms with Crippen LogP contribution in [0.1, 0.15) is 21.7 Å². The summed E-state index contributed by atoms with van der Waals surface area (Å²) in [6.45, 7) is 2.23. The highest BCUT2D eigenvalue weighted by atomic mass is 35.5. The molecule has 0 unspecified atom stereocenters. The lowest BCUT2D eigenvalue weighted by Gasteiger charge is -2.14. The Morgan fingerprint density at radius 1 is 1.31 bits per heavy atom. The predicted molar refractivity (Wildman–Crippen MR) is 103 cm³/mol. The molecule has 2 heterocycles. The minimum absolute atomic E-state index is 0. The second-order valence-corrected chi connectivity index (χ2v) is 6.33. The highest BCUT2D eigenvalue weighted by Gasteiger charge is 2.22. The fourth-order valence-electron chi connectivity index (χ4n) is 2.60. The number of nitrogens with zero attached hydrogens (tertiary/aromatic N) is 1. The van der Waals surface area contributed by atoms with E-state index >= 15 is 0 Å². The molecule has 142 valence electrons. The summed E-state index contributed by atoms with van der Waals surface area (Å²) in [6.07, 6.45) is 0.820. The van der Waals surface area contributed by atoms with Crippen molar-refractivity contribution in [1.29, 1.82) is 0 Å². The number of aromatic nitrogens is 2. The van der Waals surface area contributed by atoms with E-state index in [9.17, 15) is 4.79 Å². The van der Waals surface area contributed by atoms with Crippen molar-refractivity contribution in [1.82, 2.24) is 15.5 Å². The lowest BCUT2D eigenvalue weighted by Crippen LogP contribution is -2.25. The van der Waals surface area contributed by atoms with Gasteiger partial charge in [0.15, 0.2) is 11.4 Å². The third-order valence-electron chi connectivity index (χ3n) is 3.81. The van der Waals surface area contributed by atoms with Crippen LogP contribution in [0, 0.1) is 0 Å². The molecule has 0 saturated heterocycles. The molecular formula is C16H19Cl3N4O3. The van der Waals surface area contributed by atoms with Gasteiger partial charge in [0.05, 0.1) is 16.7 Å². The number of fused-ring (bicyclic) bond motifs is 1. The quantitative estimate of drug-likeness (QED) is 0.624. The van der Waals surface area contributed by atoms with Gasteiger partial charge in [-0.05, 0) is 12.1 Å². The van der Waals surface area contributed by atoms with Gasteiger partial charge in [-0.2, -0.15) is 5.10 Å². The molecule has 26 heavy (non-hydrogen) atoms. The Hall–Kier alpha value is -1.51. The topological polar surface area (TPSA) is 88.3 Å². The summed E-state index contributed by atoms with van der Waals surface area (Å²) >= 11 is 12.4. The van der Waals surface area contributed by atoms with Gasteiger partial charge in [-0.1, -0.05) is 23.2 Å². The van der Waals surface area contributed by atoms with Gasteiger partial charge in [-0.25, -0.2) is 0 Å². The van der Waals surface area contributed by atoms with Gasteiger partial charge in [-0.15, -0.1) is 12.4 Å². The maximum Gasteiger partial charge on any atom is 0.276 e. The highest BCUT2D eigenvalue weighted by molar-refractivity contribution is 6.37. The third-order valence-corrected chi connectivity index (χ3v) is 4.37. The average molecular weight is 422 g/mol. The van der Waals surface area contributed by atoms with E-state index in [1.165, 1.54) is 0 Å². The number of methoxy groups -OCH3 is 1. The monoisotopic (exact) mass is 420 g/mol. The molecule has 3 rings (SSSR count). The van der Waals surface area contributed by atoms with E-state index in [0.29, 0.717) is 46.9 Å². The molecule has 10 heteroatoms. The van der Waals surface area contributed by atoms with E-state index in [2.05, 4.69) is 20.8 Å². The third kappa shape index (κ3) is 4.61. The van der Waals surface area contributed by atoms with Gasteiger partial charge in [0.25, 0.3) is 5.91 Å². The largest absolute Gasteiger partial charge is 0.488 e. The van der Waals surface area contributed by atoms with Gasteiger partial charge < -0.3 is 20.1 Å². The number of amides is 1. The van der Waals surface area contributed by atoms with Crippen molar-refractivity contribution in [2.45, 2.75) is 13.0 Å². The first-order valence-corrected chi connectivity index (χ1v) is 8.54. The predicted octanol–water partition coefficient (Wildman–Crippen LogP) is 3.06. The number of H-pyrrole nitrogens is 1. The standard InChI is InChI=1S/C16H18Cl2N4O3.ClH/c1-24-4-5-25-15-11(17)6-9(7-12(15)18)20-16(23)14-10-8-19-3-2-13(10)21-22-14;/h6-7,19H,2-5,8H2,1H3,(H,20,23)(H,21,22);1H. The SMILES string of the molecule is COCCOc1c(Cl)cc(NC(=O)c2n[nH]c3c2CNCC3)cc1Cl.Cl. The molecule has 0 aliphatic carbocycles. The van der Waals surface area contributed by atoms with Crippen molar-refractivity contribution in [3.63, 3.8) is 0 Å². The molecule has 7 nitrogen and oxygen atoms in total. The highest BCUT2D eigenvalue weighted by Crippen LogP contribution is 2.36. The maximum absolute atomic E-state index is 12.5. The van der Waals surface area contributed by atoms with Gasteiger partial charge in [-0.3, -0.25) is 9.89 Å².